The third kappa shape index (κ3) is 4.49. The summed E-state index contributed by atoms with van der Waals surface area (Å²) in [5, 5.41) is 0. The third-order valence-corrected chi connectivity index (χ3v) is 5.92. The fraction of sp³-hybridized carbons (Fsp3) is 0.278. The minimum atomic E-state index is -3.68. The fourth-order valence-corrected chi connectivity index (χ4v) is 4.09. The van der Waals surface area contributed by atoms with E-state index in [0.29, 0.717) is 24.8 Å². The number of esters is 1. The Bertz CT molecular complexity index is 943. The summed E-state index contributed by atoms with van der Waals surface area (Å²) < 4.78 is 63.3. The van der Waals surface area contributed by atoms with E-state index in [0.717, 1.165) is 12.1 Å². The van der Waals surface area contributed by atoms with Gasteiger partial charge in [-0.1, -0.05) is 12.1 Å². The molecule has 1 saturated heterocycles. The zero-order chi connectivity index (χ0) is 19.4. The van der Waals surface area contributed by atoms with Crippen LogP contribution in [-0.4, -0.2) is 45.0 Å². The Balaban J connectivity index is 1.71. The van der Waals surface area contributed by atoms with Crippen LogP contribution in [0.5, 0.6) is 0 Å². The number of carbonyl (C=O) groups excluding carboxylic acids is 1. The molecule has 0 aliphatic carbocycles. The van der Waals surface area contributed by atoms with Crippen LogP contribution >= 0.6 is 0 Å². The van der Waals surface area contributed by atoms with Gasteiger partial charge < -0.3 is 9.47 Å². The van der Waals surface area contributed by atoms with Crippen molar-refractivity contribution in [1.82, 2.24) is 4.31 Å². The van der Waals surface area contributed by atoms with Crippen molar-refractivity contribution < 1.29 is 31.5 Å². The van der Waals surface area contributed by atoms with Gasteiger partial charge in [0.05, 0.1) is 23.7 Å². The molecule has 0 atom stereocenters. The molecular formula is C18H17F2NO5S. The van der Waals surface area contributed by atoms with Crippen molar-refractivity contribution in [1.29, 1.82) is 0 Å². The first-order chi connectivity index (χ1) is 12.9. The first kappa shape index (κ1) is 19.4. The SMILES string of the molecule is O=C(OCc1cccc(S(=O)(=O)N2CCOCC2)c1)c1ccc(F)cc1F. The predicted octanol–water partition coefficient (Wildman–Crippen LogP) is 2.34. The molecule has 0 bridgehead atoms. The van der Waals surface area contributed by atoms with Gasteiger partial charge in [0, 0.05) is 19.2 Å². The van der Waals surface area contributed by atoms with Crippen LogP contribution in [0.3, 0.4) is 0 Å². The van der Waals surface area contributed by atoms with Crippen LogP contribution in [0, 0.1) is 11.6 Å². The van der Waals surface area contributed by atoms with Gasteiger partial charge in [0.1, 0.15) is 18.2 Å². The second-order valence-electron chi connectivity index (χ2n) is 5.86. The van der Waals surface area contributed by atoms with E-state index in [1.54, 1.807) is 6.07 Å². The number of carbonyl (C=O) groups is 1. The molecule has 0 radical (unpaired) electrons. The highest BCUT2D eigenvalue weighted by Gasteiger charge is 2.26. The fourth-order valence-electron chi connectivity index (χ4n) is 2.61. The molecule has 0 unspecified atom stereocenters. The second-order valence-corrected chi connectivity index (χ2v) is 7.80. The molecule has 27 heavy (non-hydrogen) atoms. The molecule has 2 aromatic rings. The maximum Gasteiger partial charge on any atom is 0.341 e. The number of halogens is 2. The minimum absolute atomic E-state index is 0.0749. The lowest BCUT2D eigenvalue weighted by molar-refractivity contribution is 0.0467. The van der Waals surface area contributed by atoms with E-state index < -0.39 is 33.2 Å². The first-order valence-electron chi connectivity index (χ1n) is 8.17. The maximum absolute atomic E-state index is 13.6. The van der Waals surface area contributed by atoms with Crippen molar-refractivity contribution in [3.8, 4) is 0 Å². The summed E-state index contributed by atoms with van der Waals surface area (Å²) in [6.45, 7) is 0.957. The molecule has 0 N–H and O–H groups in total. The summed E-state index contributed by atoms with van der Waals surface area (Å²) in [6, 6.07) is 8.52. The molecule has 1 aliphatic heterocycles. The van der Waals surface area contributed by atoms with Gasteiger partial charge in [-0.05, 0) is 29.8 Å². The van der Waals surface area contributed by atoms with Crippen LogP contribution in [-0.2, 0) is 26.1 Å². The summed E-state index contributed by atoms with van der Waals surface area (Å²) >= 11 is 0. The molecule has 144 valence electrons. The van der Waals surface area contributed by atoms with E-state index in [1.165, 1.54) is 22.5 Å². The highest BCUT2D eigenvalue weighted by molar-refractivity contribution is 7.89. The zero-order valence-corrected chi connectivity index (χ0v) is 15.0. The van der Waals surface area contributed by atoms with Gasteiger partial charge in [0.25, 0.3) is 0 Å². The van der Waals surface area contributed by atoms with E-state index in [2.05, 4.69) is 0 Å². The average molecular weight is 397 g/mol. The van der Waals surface area contributed by atoms with E-state index in [9.17, 15) is 22.0 Å². The topological polar surface area (TPSA) is 72.9 Å². The third-order valence-electron chi connectivity index (χ3n) is 4.03. The van der Waals surface area contributed by atoms with Gasteiger partial charge in [0.2, 0.25) is 10.0 Å². The molecule has 0 aromatic heterocycles. The maximum atomic E-state index is 13.6. The smallest absolute Gasteiger partial charge is 0.341 e. The summed E-state index contributed by atoms with van der Waals surface area (Å²) in [6.07, 6.45) is 0. The van der Waals surface area contributed by atoms with Gasteiger partial charge >= 0.3 is 5.97 Å². The molecule has 9 heteroatoms. The van der Waals surface area contributed by atoms with Crippen LogP contribution in [0.25, 0.3) is 0 Å². The Kier molecular flexibility index (Phi) is 5.83. The molecule has 0 saturated carbocycles. The Hall–Kier alpha value is -2.36. The van der Waals surface area contributed by atoms with Crippen molar-refractivity contribution in [3.63, 3.8) is 0 Å². The van der Waals surface area contributed by atoms with Crippen molar-refractivity contribution in [2.45, 2.75) is 11.5 Å². The van der Waals surface area contributed by atoms with Gasteiger partial charge in [-0.25, -0.2) is 22.0 Å². The Morgan fingerprint density at radius 2 is 1.85 bits per heavy atom. The molecule has 1 aliphatic rings. The van der Waals surface area contributed by atoms with E-state index >= 15 is 0 Å². The Morgan fingerprint density at radius 3 is 2.56 bits per heavy atom. The molecule has 2 aromatic carbocycles. The van der Waals surface area contributed by atoms with Crippen molar-refractivity contribution in [3.05, 3.63) is 65.2 Å². The van der Waals surface area contributed by atoms with Crippen molar-refractivity contribution in [2.24, 2.45) is 0 Å². The summed E-state index contributed by atoms with van der Waals surface area (Å²) in [4.78, 5) is 12.0. The lowest BCUT2D eigenvalue weighted by Gasteiger charge is -2.26. The first-order valence-corrected chi connectivity index (χ1v) is 9.61. The van der Waals surface area contributed by atoms with Crippen LogP contribution in [0.2, 0.25) is 0 Å². The molecule has 1 fully saturated rings. The minimum Gasteiger partial charge on any atom is -0.457 e. The number of benzene rings is 2. The van der Waals surface area contributed by atoms with Gasteiger partial charge in [-0.2, -0.15) is 4.31 Å². The van der Waals surface area contributed by atoms with Gasteiger partial charge in [0.15, 0.2) is 0 Å². The monoisotopic (exact) mass is 397 g/mol. The molecule has 1 heterocycles. The molecule has 0 amide bonds. The second kappa shape index (κ2) is 8.12. The summed E-state index contributed by atoms with van der Waals surface area (Å²) in [5.41, 5.74) is 0.0358. The average Bonchev–Trinajstić information content (AvgIpc) is 2.67. The van der Waals surface area contributed by atoms with Crippen molar-refractivity contribution in [2.75, 3.05) is 26.3 Å². The molecular weight excluding hydrogens is 380 g/mol. The van der Waals surface area contributed by atoms with E-state index in [4.69, 9.17) is 9.47 Å². The Morgan fingerprint density at radius 1 is 1.11 bits per heavy atom. The van der Waals surface area contributed by atoms with Crippen LogP contribution < -0.4 is 0 Å². The zero-order valence-electron chi connectivity index (χ0n) is 14.2. The van der Waals surface area contributed by atoms with Gasteiger partial charge in [-0.15, -0.1) is 0 Å². The molecule has 6 nitrogen and oxygen atoms in total. The standard InChI is InChI=1S/C18H17F2NO5S/c19-14-4-5-16(17(20)11-14)18(22)26-12-13-2-1-3-15(10-13)27(23,24)21-6-8-25-9-7-21/h1-5,10-11H,6-9,12H2. The highest BCUT2D eigenvalue weighted by atomic mass is 32.2. The number of hydrogen-bond acceptors (Lipinski definition) is 5. The lowest BCUT2D eigenvalue weighted by Crippen LogP contribution is -2.40. The summed E-state index contributed by atoms with van der Waals surface area (Å²) in [5.74, 6) is -2.79. The largest absolute Gasteiger partial charge is 0.457 e. The quantitative estimate of drug-likeness (QED) is 0.725. The predicted molar refractivity (Wildman–Crippen MR) is 91.5 cm³/mol. The number of nitrogens with zero attached hydrogens (tertiary/aromatic N) is 1. The molecule has 3 rings (SSSR count). The van der Waals surface area contributed by atoms with Crippen LogP contribution in [0.1, 0.15) is 15.9 Å². The number of sulfonamides is 1. The number of rotatable bonds is 5. The number of morpholine rings is 1. The van der Waals surface area contributed by atoms with Crippen LogP contribution in [0.4, 0.5) is 8.78 Å². The van der Waals surface area contributed by atoms with Crippen molar-refractivity contribution >= 4 is 16.0 Å². The Labute approximate surface area is 155 Å². The highest BCUT2D eigenvalue weighted by Crippen LogP contribution is 2.19. The summed E-state index contributed by atoms with van der Waals surface area (Å²) in [7, 11) is -3.68. The normalized spacial score (nSPS) is 15.5. The number of ether oxygens (including phenoxy) is 2. The van der Waals surface area contributed by atoms with E-state index in [-0.39, 0.29) is 24.6 Å². The molecule has 0 spiro atoms. The van der Waals surface area contributed by atoms with Gasteiger partial charge in [-0.3, -0.25) is 0 Å². The van der Waals surface area contributed by atoms with E-state index in [1.807, 2.05) is 0 Å². The number of hydrogen-bond donors (Lipinski definition) is 0. The lowest BCUT2D eigenvalue weighted by atomic mass is 10.2. The van der Waals surface area contributed by atoms with Crippen LogP contribution in [0.15, 0.2) is 47.4 Å².